The van der Waals surface area contributed by atoms with Crippen LogP contribution < -0.4 is 5.73 Å². The molecule has 1 fully saturated rings. The Morgan fingerprint density at radius 2 is 1.91 bits per heavy atom. The molecular weight excluding hydrogens is 296 g/mol. The fraction of sp³-hybridized carbons (Fsp3) is 0.400. The molecule has 22 heavy (non-hydrogen) atoms. The highest BCUT2D eigenvalue weighted by molar-refractivity contribution is 7.99. The largest absolute Gasteiger partial charge is 0.370 e. The van der Waals surface area contributed by atoms with Crippen molar-refractivity contribution in [2.24, 2.45) is 10.7 Å². The van der Waals surface area contributed by atoms with E-state index in [9.17, 15) is 0 Å². The van der Waals surface area contributed by atoms with E-state index in [4.69, 9.17) is 5.73 Å². The topological polar surface area (TPSA) is 72.3 Å². The number of rotatable bonds is 4. The van der Waals surface area contributed by atoms with E-state index in [1.54, 1.807) is 17.3 Å². The lowest BCUT2D eigenvalue weighted by Gasteiger charge is -2.27. The van der Waals surface area contributed by atoms with Gasteiger partial charge in [0.25, 0.3) is 0 Å². The summed E-state index contributed by atoms with van der Waals surface area (Å²) in [5, 5.41) is 4.11. The van der Waals surface area contributed by atoms with Crippen molar-refractivity contribution in [3.05, 3.63) is 48.0 Å². The quantitative estimate of drug-likeness (QED) is 0.677. The maximum absolute atomic E-state index is 6.06. The summed E-state index contributed by atoms with van der Waals surface area (Å²) in [6.07, 6.45) is 3.26. The number of nitrogens with two attached hydrogens (primary N) is 1. The van der Waals surface area contributed by atoms with Crippen LogP contribution in [-0.4, -0.2) is 50.2 Å². The van der Waals surface area contributed by atoms with E-state index in [2.05, 4.69) is 44.2 Å². The van der Waals surface area contributed by atoms with Gasteiger partial charge in [-0.15, -0.1) is 0 Å². The van der Waals surface area contributed by atoms with Crippen molar-refractivity contribution in [2.45, 2.75) is 13.1 Å². The molecule has 7 heteroatoms. The average molecular weight is 316 g/mol. The molecule has 2 heterocycles. The Kier molecular flexibility index (Phi) is 4.95. The monoisotopic (exact) mass is 316 g/mol. The Morgan fingerprint density at radius 1 is 1.18 bits per heavy atom. The van der Waals surface area contributed by atoms with Gasteiger partial charge >= 0.3 is 0 Å². The molecule has 0 radical (unpaired) electrons. The van der Waals surface area contributed by atoms with Crippen LogP contribution in [0.25, 0.3) is 0 Å². The third-order valence-electron chi connectivity index (χ3n) is 3.59. The van der Waals surface area contributed by atoms with Crippen LogP contribution in [0.3, 0.4) is 0 Å². The Morgan fingerprint density at radius 3 is 2.59 bits per heavy atom. The first-order valence-corrected chi connectivity index (χ1v) is 8.49. The number of hydrogen-bond donors (Lipinski definition) is 1. The summed E-state index contributed by atoms with van der Waals surface area (Å²) in [5.41, 5.74) is 8.42. The fourth-order valence-electron chi connectivity index (χ4n) is 2.32. The SMILES string of the molecule is NC(=NCc1ccc(Cn2cncn2)cc1)N1CCSCC1. The second-order valence-electron chi connectivity index (χ2n) is 5.18. The summed E-state index contributed by atoms with van der Waals surface area (Å²) in [6, 6.07) is 8.38. The summed E-state index contributed by atoms with van der Waals surface area (Å²) in [7, 11) is 0. The van der Waals surface area contributed by atoms with Crippen LogP contribution in [0, 0.1) is 0 Å². The zero-order chi connectivity index (χ0) is 15.2. The van der Waals surface area contributed by atoms with Crippen molar-refractivity contribution >= 4 is 17.7 Å². The Labute approximate surface area is 134 Å². The van der Waals surface area contributed by atoms with Gasteiger partial charge in [0.05, 0.1) is 13.1 Å². The Balaban J connectivity index is 1.56. The predicted octanol–water partition coefficient (Wildman–Crippen LogP) is 1.19. The lowest BCUT2D eigenvalue weighted by molar-refractivity contribution is 0.455. The van der Waals surface area contributed by atoms with E-state index in [1.807, 2.05) is 11.8 Å². The van der Waals surface area contributed by atoms with Crippen LogP contribution in [0.15, 0.2) is 41.9 Å². The fourth-order valence-corrected chi connectivity index (χ4v) is 3.22. The molecule has 0 saturated carbocycles. The van der Waals surface area contributed by atoms with E-state index in [-0.39, 0.29) is 0 Å². The molecule has 1 aromatic heterocycles. The lowest BCUT2D eigenvalue weighted by Crippen LogP contribution is -2.42. The molecule has 0 unspecified atom stereocenters. The maximum Gasteiger partial charge on any atom is 0.191 e. The van der Waals surface area contributed by atoms with Gasteiger partial charge in [-0.2, -0.15) is 16.9 Å². The number of nitrogens with zero attached hydrogens (tertiary/aromatic N) is 5. The van der Waals surface area contributed by atoms with Gasteiger partial charge in [-0.25, -0.2) is 14.7 Å². The van der Waals surface area contributed by atoms with Crippen LogP contribution in [0.2, 0.25) is 0 Å². The van der Waals surface area contributed by atoms with Crippen molar-refractivity contribution in [3.63, 3.8) is 0 Å². The standard InChI is InChI=1S/C15H20N6S/c16-15(20-5-7-22-8-6-20)18-9-13-1-3-14(4-2-13)10-21-12-17-11-19-21/h1-4,11-12H,5-10H2,(H2,16,18). The first-order chi connectivity index (χ1) is 10.8. The Bertz CT molecular complexity index is 601. The number of guanidine groups is 1. The normalized spacial score (nSPS) is 16.0. The predicted molar refractivity (Wildman–Crippen MR) is 89.8 cm³/mol. The molecule has 0 bridgehead atoms. The van der Waals surface area contributed by atoms with Gasteiger partial charge < -0.3 is 10.6 Å². The van der Waals surface area contributed by atoms with Gasteiger partial charge in [0.1, 0.15) is 12.7 Å². The van der Waals surface area contributed by atoms with E-state index in [1.165, 1.54) is 5.56 Å². The third kappa shape index (κ3) is 4.00. The molecule has 0 atom stereocenters. The average Bonchev–Trinajstić information content (AvgIpc) is 3.08. The summed E-state index contributed by atoms with van der Waals surface area (Å²) in [6.45, 7) is 3.35. The smallest absolute Gasteiger partial charge is 0.191 e. The zero-order valence-electron chi connectivity index (χ0n) is 12.4. The highest BCUT2D eigenvalue weighted by Gasteiger charge is 2.11. The molecule has 2 N–H and O–H groups in total. The molecule has 0 spiro atoms. The second-order valence-corrected chi connectivity index (χ2v) is 6.41. The molecule has 1 saturated heterocycles. The summed E-state index contributed by atoms with van der Waals surface area (Å²) >= 11 is 1.97. The van der Waals surface area contributed by atoms with Gasteiger partial charge in [-0.1, -0.05) is 24.3 Å². The minimum Gasteiger partial charge on any atom is -0.370 e. The molecular formula is C15H20N6S. The van der Waals surface area contributed by atoms with Gasteiger partial charge in [0, 0.05) is 24.6 Å². The molecule has 6 nitrogen and oxygen atoms in total. The number of aromatic nitrogens is 3. The van der Waals surface area contributed by atoms with Gasteiger partial charge in [0.2, 0.25) is 0 Å². The lowest BCUT2D eigenvalue weighted by atomic mass is 10.1. The third-order valence-corrected chi connectivity index (χ3v) is 4.54. The second kappa shape index (κ2) is 7.31. The first kappa shape index (κ1) is 14.9. The van der Waals surface area contributed by atoms with Crippen molar-refractivity contribution < 1.29 is 0 Å². The number of thioether (sulfide) groups is 1. The maximum atomic E-state index is 6.06. The molecule has 2 aromatic rings. The summed E-state index contributed by atoms with van der Waals surface area (Å²) in [4.78, 5) is 10.6. The van der Waals surface area contributed by atoms with E-state index < -0.39 is 0 Å². The van der Waals surface area contributed by atoms with Crippen LogP contribution in [0.1, 0.15) is 11.1 Å². The number of hydrogen-bond acceptors (Lipinski definition) is 4. The van der Waals surface area contributed by atoms with Crippen molar-refractivity contribution in [1.29, 1.82) is 0 Å². The molecule has 3 rings (SSSR count). The molecule has 0 amide bonds. The summed E-state index contributed by atoms with van der Waals surface area (Å²) < 4.78 is 1.81. The van der Waals surface area contributed by atoms with Crippen LogP contribution >= 0.6 is 11.8 Å². The van der Waals surface area contributed by atoms with Crippen LogP contribution in [0.4, 0.5) is 0 Å². The molecule has 1 aromatic carbocycles. The van der Waals surface area contributed by atoms with Crippen molar-refractivity contribution in [3.8, 4) is 0 Å². The van der Waals surface area contributed by atoms with Gasteiger partial charge in [-0.05, 0) is 11.1 Å². The summed E-state index contributed by atoms with van der Waals surface area (Å²) in [5.74, 6) is 2.92. The van der Waals surface area contributed by atoms with Crippen molar-refractivity contribution in [2.75, 3.05) is 24.6 Å². The highest BCUT2D eigenvalue weighted by atomic mass is 32.2. The molecule has 0 aliphatic carbocycles. The van der Waals surface area contributed by atoms with Crippen molar-refractivity contribution in [1.82, 2.24) is 19.7 Å². The molecule has 116 valence electrons. The van der Waals surface area contributed by atoms with E-state index in [0.29, 0.717) is 12.5 Å². The van der Waals surface area contributed by atoms with Gasteiger partial charge in [-0.3, -0.25) is 0 Å². The molecule has 1 aliphatic heterocycles. The Hall–Kier alpha value is -2.02. The minimum atomic E-state index is 0.624. The van der Waals surface area contributed by atoms with Crippen LogP contribution in [0.5, 0.6) is 0 Å². The van der Waals surface area contributed by atoms with Crippen LogP contribution in [-0.2, 0) is 13.1 Å². The highest BCUT2D eigenvalue weighted by Crippen LogP contribution is 2.10. The van der Waals surface area contributed by atoms with E-state index in [0.717, 1.165) is 36.7 Å². The minimum absolute atomic E-state index is 0.624. The number of benzene rings is 1. The zero-order valence-corrected chi connectivity index (χ0v) is 13.2. The number of aliphatic imine (C=N–C) groups is 1. The van der Waals surface area contributed by atoms with E-state index >= 15 is 0 Å². The van der Waals surface area contributed by atoms with Gasteiger partial charge in [0.15, 0.2) is 5.96 Å². The molecule has 1 aliphatic rings. The first-order valence-electron chi connectivity index (χ1n) is 7.34.